The summed E-state index contributed by atoms with van der Waals surface area (Å²) in [6.45, 7) is 1.88. The van der Waals surface area contributed by atoms with E-state index in [2.05, 4.69) is 0 Å². The third-order valence-electron chi connectivity index (χ3n) is 1.84. The summed E-state index contributed by atoms with van der Waals surface area (Å²) >= 11 is 0. The molecule has 0 fully saturated rings. The average Bonchev–Trinajstić information content (AvgIpc) is 2.05. The fourth-order valence-corrected chi connectivity index (χ4v) is 1.15. The third kappa shape index (κ3) is 2.38. The van der Waals surface area contributed by atoms with E-state index in [1.54, 1.807) is 0 Å². The summed E-state index contributed by atoms with van der Waals surface area (Å²) in [6.07, 6.45) is 0.0873. The lowest BCUT2D eigenvalue weighted by atomic mass is 9.98. The lowest BCUT2D eigenvalue weighted by molar-refractivity contribution is -0.306. The molecule has 2 heteroatoms. The van der Waals surface area contributed by atoms with Gasteiger partial charge in [0.2, 0.25) is 0 Å². The van der Waals surface area contributed by atoms with Gasteiger partial charge in [0.1, 0.15) is 0 Å². The average molecular weight is 163 g/mol. The highest BCUT2D eigenvalue weighted by molar-refractivity contribution is 5.65. The number of benzene rings is 1. The first-order valence-electron chi connectivity index (χ1n) is 3.95. The molecule has 0 heterocycles. The smallest absolute Gasteiger partial charge is 0.0420 e. The predicted molar refractivity (Wildman–Crippen MR) is 44.5 cm³/mol. The van der Waals surface area contributed by atoms with Crippen molar-refractivity contribution in [2.24, 2.45) is 0 Å². The van der Waals surface area contributed by atoms with Gasteiger partial charge in [-0.1, -0.05) is 37.3 Å². The second-order valence-electron chi connectivity index (χ2n) is 2.89. The second-order valence-corrected chi connectivity index (χ2v) is 2.89. The summed E-state index contributed by atoms with van der Waals surface area (Å²) in [5.41, 5.74) is 1.04. The molecule has 1 rings (SSSR count). The Morgan fingerprint density at radius 2 is 2.00 bits per heavy atom. The molecule has 1 unspecified atom stereocenters. The van der Waals surface area contributed by atoms with E-state index in [9.17, 15) is 9.90 Å². The van der Waals surface area contributed by atoms with Gasteiger partial charge in [-0.05, 0) is 17.9 Å². The second kappa shape index (κ2) is 3.90. The molecule has 64 valence electrons. The van der Waals surface area contributed by atoms with Gasteiger partial charge in [-0.3, -0.25) is 0 Å². The Balaban J connectivity index is 2.65. The van der Waals surface area contributed by atoms with Gasteiger partial charge in [-0.15, -0.1) is 0 Å². The monoisotopic (exact) mass is 163 g/mol. The van der Waals surface area contributed by atoms with E-state index in [0.29, 0.717) is 0 Å². The molecule has 1 aromatic rings. The highest BCUT2D eigenvalue weighted by Crippen LogP contribution is 2.17. The summed E-state index contributed by atoms with van der Waals surface area (Å²) in [5.74, 6) is -0.956. The Labute approximate surface area is 71.8 Å². The lowest BCUT2D eigenvalue weighted by Crippen LogP contribution is -2.23. The Morgan fingerprint density at radius 1 is 1.42 bits per heavy atom. The predicted octanol–water partition coefficient (Wildman–Crippen LogP) is 0.930. The van der Waals surface area contributed by atoms with E-state index >= 15 is 0 Å². The van der Waals surface area contributed by atoms with Crippen LogP contribution in [0.5, 0.6) is 0 Å². The number of hydrogen-bond donors (Lipinski definition) is 0. The molecule has 0 bridgehead atoms. The molecule has 0 spiro atoms. The normalized spacial score (nSPS) is 12.4. The molecule has 0 amide bonds. The molecule has 1 aromatic carbocycles. The molecule has 0 aliphatic carbocycles. The summed E-state index contributed by atoms with van der Waals surface area (Å²) in [5, 5.41) is 10.3. The van der Waals surface area contributed by atoms with E-state index < -0.39 is 5.97 Å². The van der Waals surface area contributed by atoms with Crippen molar-refractivity contribution in [3.05, 3.63) is 35.9 Å². The van der Waals surface area contributed by atoms with Crippen LogP contribution >= 0.6 is 0 Å². The van der Waals surface area contributed by atoms with Crippen LogP contribution in [0.4, 0.5) is 0 Å². The van der Waals surface area contributed by atoms with Gasteiger partial charge in [-0.25, -0.2) is 0 Å². The van der Waals surface area contributed by atoms with Gasteiger partial charge in [0.15, 0.2) is 0 Å². The lowest BCUT2D eigenvalue weighted by Gasteiger charge is -2.11. The number of carboxylic acid groups (broad SMARTS) is 1. The molecule has 12 heavy (non-hydrogen) atoms. The number of rotatable bonds is 3. The first-order chi connectivity index (χ1) is 5.70. The maximum Gasteiger partial charge on any atom is 0.0420 e. The van der Waals surface area contributed by atoms with E-state index in [-0.39, 0.29) is 12.3 Å². The third-order valence-corrected chi connectivity index (χ3v) is 1.84. The molecule has 0 saturated heterocycles. The van der Waals surface area contributed by atoms with Gasteiger partial charge in [0, 0.05) is 5.97 Å². The quantitative estimate of drug-likeness (QED) is 0.665. The van der Waals surface area contributed by atoms with Crippen LogP contribution in [0.25, 0.3) is 0 Å². The molecule has 0 radical (unpaired) electrons. The highest BCUT2D eigenvalue weighted by atomic mass is 16.4. The first-order valence-corrected chi connectivity index (χ1v) is 3.95. The van der Waals surface area contributed by atoms with Gasteiger partial charge in [0.05, 0.1) is 0 Å². The van der Waals surface area contributed by atoms with Gasteiger partial charge in [0.25, 0.3) is 0 Å². The van der Waals surface area contributed by atoms with Crippen molar-refractivity contribution in [2.45, 2.75) is 19.3 Å². The zero-order chi connectivity index (χ0) is 8.97. The number of carbonyl (C=O) groups is 1. The van der Waals surface area contributed by atoms with Crippen molar-refractivity contribution < 1.29 is 9.90 Å². The van der Waals surface area contributed by atoms with E-state index in [4.69, 9.17) is 0 Å². The molecular formula is C10H11O2-. The van der Waals surface area contributed by atoms with Crippen molar-refractivity contribution in [1.82, 2.24) is 0 Å². The topological polar surface area (TPSA) is 40.1 Å². The van der Waals surface area contributed by atoms with Crippen molar-refractivity contribution in [3.8, 4) is 0 Å². The number of hydrogen-bond acceptors (Lipinski definition) is 2. The number of aliphatic carboxylic acids is 1. The Morgan fingerprint density at radius 3 is 2.50 bits per heavy atom. The molecule has 0 N–H and O–H groups in total. The van der Waals surface area contributed by atoms with Crippen molar-refractivity contribution in [3.63, 3.8) is 0 Å². The van der Waals surface area contributed by atoms with E-state index in [0.717, 1.165) is 5.56 Å². The number of carboxylic acids is 1. The Bertz CT molecular complexity index is 254. The molecule has 1 atom stereocenters. The van der Waals surface area contributed by atoms with Crippen LogP contribution in [0.15, 0.2) is 30.3 Å². The van der Waals surface area contributed by atoms with Crippen LogP contribution in [0.2, 0.25) is 0 Å². The SMILES string of the molecule is CC(CC(=O)[O-])c1ccccc1. The molecular weight excluding hydrogens is 152 g/mol. The molecule has 0 aliphatic heterocycles. The summed E-state index contributed by atoms with van der Waals surface area (Å²) in [7, 11) is 0. The van der Waals surface area contributed by atoms with E-state index in [1.165, 1.54) is 0 Å². The maximum atomic E-state index is 10.3. The van der Waals surface area contributed by atoms with Crippen LogP contribution in [-0.2, 0) is 4.79 Å². The molecule has 0 aromatic heterocycles. The van der Waals surface area contributed by atoms with Crippen molar-refractivity contribution >= 4 is 5.97 Å². The standard InChI is InChI=1S/C10H12O2/c1-8(7-10(11)12)9-5-3-2-4-6-9/h2-6,8H,7H2,1H3,(H,11,12)/p-1. The minimum atomic E-state index is -0.994. The van der Waals surface area contributed by atoms with Crippen LogP contribution in [0, 0.1) is 0 Å². The van der Waals surface area contributed by atoms with Crippen LogP contribution in [0.1, 0.15) is 24.8 Å². The van der Waals surface area contributed by atoms with Crippen LogP contribution < -0.4 is 5.11 Å². The molecule has 0 aliphatic rings. The Hall–Kier alpha value is -1.31. The zero-order valence-corrected chi connectivity index (χ0v) is 6.99. The van der Waals surface area contributed by atoms with Gasteiger partial charge < -0.3 is 9.90 Å². The fourth-order valence-electron chi connectivity index (χ4n) is 1.15. The molecule has 2 nitrogen and oxygen atoms in total. The van der Waals surface area contributed by atoms with E-state index in [1.807, 2.05) is 37.3 Å². The zero-order valence-electron chi connectivity index (χ0n) is 6.99. The van der Waals surface area contributed by atoms with Crippen LogP contribution in [-0.4, -0.2) is 5.97 Å². The Kier molecular flexibility index (Phi) is 2.86. The highest BCUT2D eigenvalue weighted by Gasteiger charge is 2.03. The maximum absolute atomic E-state index is 10.3. The van der Waals surface area contributed by atoms with Crippen molar-refractivity contribution in [1.29, 1.82) is 0 Å². The van der Waals surface area contributed by atoms with Crippen molar-refractivity contribution in [2.75, 3.05) is 0 Å². The molecule has 0 saturated carbocycles. The summed E-state index contributed by atoms with van der Waals surface area (Å²) < 4.78 is 0. The van der Waals surface area contributed by atoms with Gasteiger partial charge in [-0.2, -0.15) is 0 Å². The fraction of sp³-hybridized carbons (Fsp3) is 0.300. The first kappa shape index (κ1) is 8.78. The summed E-state index contributed by atoms with van der Waals surface area (Å²) in [4.78, 5) is 10.3. The van der Waals surface area contributed by atoms with Crippen LogP contribution in [0.3, 0.4) is 0 Å². The number of carbonyl (C=O) groups excluding carboxylic acids is 1. The summed E-state index contributed by atoms with van der Waals surface area (Å²) in [6, 6.07) is 9.57. The minimum Gasteiger partial charge on any atom is -0.550 e. The largest absolute Gasteiger partial charge is 0.550 e. The minimum absolute atomic E-state index is 0.0381. The van der Waals surface area contributed by atoms with Gasteiger partial charge >= 0.3 is 0 Å².